The average molecular weight is 189 g/mol. The summed E-state index contributed by atoms with van der Waals surface area (Å²) in [5.41, 5.74) is 1.62. The van der Waals surface area contributed by atoms with Crippen LogP contribution in [0.25, 0.3) is 10.9 Å². The molecule has 0 bridgehead atoms. The molecule has 2 heteroatoms. The van der Waals surface area contributed by atoms with Gasteiger partial charge in [0.15, 0.2) is 0 Å². The number of halogens is 1. The van der Waals surface area contributed by atoms with Crippen LogP contribution in [0.2, 0.25) is 0 Å². The van der Waals surface area contributed by atoms with Gasteiger partial charge < -0.3 is 0 Å². The first-order valence-corrected chi connectivity index (χ1v) is 4.73. The highest BCUT2D eigenvalue weighted by atomic mass is 19.1. The molecule has 1 aromatic heterocycles. The zero-order valence-electron chi connectivity index (χ0n) is 8.29. The molecule has 0 saturated heterocycles. The van der Waals surface area contributed by atoms with Crippen LogP contribution in [0.1, 0.15) is 25.3 Å². The van der Waals surface area contributed by atoms with Gasteiger partial charge in [-0.25, -0.2) is 4.39 Å². The SMILES string of the molecule is CC(C)c1ccnc2c(F)cccc12. The molecule has 1 nitrogen and oxygen atoms in total. The second-order valence-corrected chi connectivity index (χ2v) is 3.69. The Labute approximate surface area is 82.6 Å². The van der Waals surface area contributed by atoms with E-state index in [1.807, 2.05) is 12.1 Å². The molecule has 0 saturated carbocycles. The zero-order chi connectivity index (χ0) is 10.1. The molecule has 0 fully saturated rings. The standard InChI is InChI=1S/C12H12FN/c1-8(2)9-6-7-14-12-10(9)4-3-5-11(12)13/h3-8H,1-2H3. The van der Waals surface area contributed by atoms with Crippen molar-refractivity contribution in [2.24, 2.45) is 0 Å². The molecule has 0 amide bonds. The molecule has 14 heavy (non-hydrogen) atoms. The largest absolute Gasteiger partial charge is 0.253 e. The fraction of sp³-hybridized carbons (Fsp3) is 0.250. The van der Waals surface area contributed by atoms with Gasteiger partial charge in [0.25, 0.3) is 0 Å². The van der Waals surface area contributed by atoms with E-state index in [0.29, 0.717) is 11.4 Å². The molecule has 2 rings (SSSR count). The number of fused-ring (bicyclic) bond motifs is 1. The van der Waals surface area contributed by atoms with Crippen LogP contribution in [0.15, 0.2) is 30.5 Å². The van der Waals surface area contributed by atoms with E-state index in [0.717, 1.165) is 10.9 Å². The maximum Gasteiger partial charge on any atom is 0.149 e. The lowest BCUT2D eigenvalue weighted by Gasteiger charge is -2.08. The molecule has 0 unspecified atom stereocenters. The Balaban J connectivity index is 2.81. The molecule has 0 atom stereocenters. The van der Waals surface area contributed by atoms with Crippen molar-refractivity contribution in [1.82, 2.24) is 4.98 Å². The van der Waals surface area contributed by atoms with Crippen LogP contribution >= 0.6 is 0 Å². The van der Waals surface area contributed by atoms with Crippen molar-refractivity contribution in [3.05, 3.63) is 41.8 Å². The minimum atomic E-state index is -0.245. The Morgan fingerprint density at radius 3 is 2.71 bits per heavy atom. The van der Waals surface area contributed by atoms with Gasteiger partial charge in [-0.15, -0.1) is 0 Å². The molecule has 0 radical (unpaired) electrons. The summed E-state index contributed by atoms with van der Waals surface area (Å²) >= 11 is 0. The molecular weight excluding hydrogens is 177 g/mol. The number of pyridine rings is 1. The van der Waals surface area contributed by atoms with Crippen molar-refractivity contribution in [1.29, 1.82) is 0 Å². The second kappa shape index (κ2) is 3.37. The average Bonchev–Trinajstić information content (AvgIpc) is 2.17. The highest BCUT2D eigenvalue weighted by Gasteiger charge is 2.07. The van der Waals surface area contributed by atoms with Crippen LogP contribution in [0.4, 0.5) is 4.39 Å². The Morgan fingerprint density at radius 2 is 2.00 bits per heavy atom. The van der Waals surface area contributed by atoms with Crippen LogP contribution in [0.3, 0.4) is 0 Å². The van der Waals surface area contributed by atoms with Gasteiger partial charge in [0.05, 0.1) is 0 Å². The summed E-state index contributed by atoms with van der Waals surface area (Å²) in [4.78, 5) is 4.05. The van der Waals surface area contributed by atoms with Gasteiger partial charge in [0, 0.05) is 11.6 Å². The number of nitrogens with zero attached hydrogens (tertiary/aromatic N) is 1. The van der Waals surface area contributed by atoms with Gasteiger partial charge in [-0.2, -0.15) is 0 Å². The van der Waals surface area contributed by atoms with Crippen LogP contribution < -0.4 is 0 Å². The first kappa shape index (κ1) is 9.13. The lowest BCUT2D eigenvalue weighted by atomic mass is 9.99. The molecule has 2 aromatic rings. The van der Waals surface area contributed by atoms with Gasteiger partial charge in [0.1, 0.15) is 11.3 Å². The van der Waals surface area contributed by atoms with Gasteiger partial charge in [0.2, 0.25) is 0 Å². The Bertz CT molecular complexity index is 463. The maximum atomic E-state index is 13.4. The molecule has 1 aromatic carbocycles. The van der Waals surface area contributed by atoms with E-state index in [1.54, 1.807) is 12.3 Å². The minimum Gasteiger partial charge on any atom is -0.253 e. The fourth-order valence-corrected chi connectivity index (χ4v) is 1.66. The fourth-order valence-electron chi connectivity index (χ4n) is 1.66. The topological polar surface area (TPSA) is 12.9 Å². The molecule has 1 heterocycles. The van der Waals surface area contributed by atoms with E-state index in [9.17, 15) is 4.39 Å². The van der Waals surface area contributed by atoms with Crippen molar-refractivity contribution < 1.29 is 4.39 Å². The zero-order valence-corrected chi connectivity index (χ0v) is 8.29. The Kier molecular flexibility index (Phi) is 2.20. The highest BCUT2D eigenvalue weighted by molar-refractivity contribution is 5.82. The molecule has 72 valence electrons. The number of aromatic nitrogens is 1. The first-order valence-electron chi connectivity index (χ1n) is 4.73. The normalized spacial score (nSPS) is 11.1. The quantitative estimate of drug-likeness (QED) is 0.669. The van der Waals surface area contributed by atoms with E-state index in [-0.39, 0.29) is 5.82 Å². The third-order valence-corrected chi connectivity index (χ3v) is 2.38. The predicted molar refractivity (Wildman–Crippen MR) is 55.8 cm³/mol. The van der Waals surface area contributed by atoms with Crippen molar-refractivity contribution in [3.8, 4) is 0 Å². The van der Waals surface area contributed by atoms with E-state index in [4.69, 9.17) is 0 Å². The number of hydrogen-bond acceptors (Lipinski definition) is 1. The lowest BCUT2D eigenvalue weighted by Crippen LogP contribution is -1.92. The molecule has 0 N–H and O–H groups in total. The molecule has 0 aliphatic heterocycles. The summed E-state index contributed by atoms with van der Waals surface area (Å²) in [6.07, 6.45) is 1.67. The van der Waals surface area contributed by atoms with Crippen molar-refractivity contribution >= 4 is 10.9 Å². The summed E-state index contributed by atoms with van der Waals surface area (Å²) in [5.74, 6) is 0.146. The number of benzene rings is 1. The molecule has 0 aliphatic carbocycles. The van der Waals surface area contributed by atoms with Crippen molar-refractivity contribution in [3.63, 3.8) is 0 Å². The highest BCUT2D eigenvalue weighted by Crippen LogP contribution is 2.24. The van der Waals surface area contributed by atoms with E-state index in [2.05, 4.69) is 18.8 Å². The molecule has 0 spiro atoms. The summed E-state index contributed by atoms with van der Waals surface area (Å²) in [6, 6.07) is 7.04. The first-order chi connectivity index (χ1) is 6.70. The number of rotatable bonds is 1. The van der Waals surface area contributed by atoms with Crippen LogP contribution in [-0.2, 0) is 0 Å². The van der Waals surface area contributed by atoms with Crippen LogP contribution in [-0.4, -0.2) is 4.98 Å². The summed E-state index contributed by atoms with van der Waals surface area (Å²) in [6.45, 7) is 4.19. The predicted octanol–water partition coefficient (Wildman–Crippen LogP) is 3.50. The second-order valence-electron chi connectivity index (χ2n) is 3.69. The van der Waals surface area contributed by atoms with E-state index < -0.39 is 0 Å². The minimum absolute atomic E-state index is 0.245. The van der Waals surface area contributed by atoms with E-state index >= 15 is 0 Å². The summed E-state index contributed by atoms with van der Waals surface area (Å²) in [7, 11) is 0. The summed E-state index contributed by atoms with van der Waals surface area (Å²) < 4.78 is 13.4. The third-order valence-electron chi connectivity index (χ3n) is 2.38. The number of hydrogen-bond donors (Lipinski definition) is 0. The Morgan fingerprint density at radius 1 is 1.21 bits per heavy atom. The van der Waals surface area contributed by atoms with Crippen LogP contribution in [0.5, 0.6) is 0 Å². The molecular formula is C12H12FN. The van der Waals surface area contributed by atoms with Gasteiger partial charge >= 0.3 is 0 Å². The number of para-hydroxylation sites is 1. The Hall–Kier alpha value is -1.44. The lowest BCUT2D eigenvalue weighted by molar-refractivity contribution is 0.636. The summed E-state index contributed by atoms with van der Waals surface area (Å²) in [5, 5.41) is 0.919. The smallest absolute Gasteiger partial charge is 0.149 e. The van der Waals surface area contributed by atoms with Crippen LogP contribution in [0, 0.1) is 5.82 Å². The van der Waals surface area contributed by atoms with Gasteiger partial charge in [-0.05, 0) is 23.6 Å². The van der Waals surface area contributed by atoms with E-state index in [1.165, 1.54) is 6.07 Å². The van der Waals surface area contributed by atoms with Gasteiger partial charge in [-0.1, -0.05) is 26.0 Å². The van der Waals surface area contributed by atoms with Crippen molar-refractivity contribution in [2.75, 3.05) is 0 Å². The third kappa shape index (κ3) is 1.37. The van der Waals surface area contributed by atoms with Crippen molar-refractivity contribution in [2.45, 2.75) is 19.8 Å². The maximum absolute atomic E-state index is 13.4. The molecule has 0 aliphatic rings. The van der Waals surface area contributed by atoms with Gasteiger partial charge in [-0.3, -0.25) is 4.98 Å². The monoisotopic (exact) mass is 189 g/mol.